The Labute approximate surface area is 187 Å². The average molecular weight is 440 g/mol. The first-order valence-corrected chi connectivity index (χ1v) is 10.5. The summed E-state index contributed by atoms with van der Waals surface area (Å²) in [4.78, 5) is 39.3. The summed E-state index contributed by atoms with van der Waals surface area (Å²) < 4.78 is 10.6. The molecule has 1 aliphatic heterocycles. The van der Waals surface area contributed by atoms with Gasteiger partial charge in [0.25, 0.3) is 0 Å². The summed E-state index contributed by atoms with van der Waals surface area (Å²) in [7, 11) is 3.06. The highest BCUT2D eigenvalue weighted by molar-refractivity contribution is 6.02. The van der Waals surface area contributed by atoms with Gasteiger partial charge in [0, 0.05) is 25.6 Å². The molecular weight excluding hydrogens is 410 g/mol. The Hall–Kier alpha value is -3.55. The monoisotopic (exact) mass is 439 g/mol. The van der Waals surface area contributed by atoms with Gasteiger partial charge in [0.15, 0.2) is 0 Å². The summed E-state index contributed by atoms with van der Waals surface area (Å²) in [5.74, 6) is -0.265. The number of anilines is 1. The summed E-state index contributed by atoms with van der Waals surface area (Å²) in [5, 5.41) is 5.55. The molecule has 2 unspecified atom stereocenters. The van der Waals surface area contributed by atoms with Crippen LogP contribution < -0.4 is 25.0 Å². The minimum Gasteiger partial charge on any atom is -0.497 e. The van der Waals surface area contributed by atoms with E-state index in [0.717, 1.165) is 11.1 Å². The van der Waals surface area contributed by atoms with Gasteiger partial charge in [0.2, 0.25) is 17.7 Å². The number of aryl methyl sites for hydroxylation is 1. The molecule has 2 aromatic carbocycles. The molecule has 0 spiro atoms. The van der Waals surface area contributed by atoms with Crippen LogP contribution in [0.3, 0.4) is 0 Å². The van der Waals surface area contributed by atoms with Crippen LogP contribution in [0.2, 0.25) is 0 Å². The molecule has 2 atom stereocenters. The van der Waals surface area contributed by atoms with Gasteiger partial charge in [-0.2, -0.15) is 0 Å². The third-order valence-corrected chi connectivity index (χ3v) is 5.51. The molecule has 1 saturated heterocycles. The van der Waals surface area contributed by atoms with E-state index in [4.69, 9.17) is 9.47 Å². The summed E-state index contributed by atoms with van der Waals surface area (Å²) in [6.45, 7) is 4.21. The number of hydrogen-bond donors (Lipinski definition) is 2. The first-order valence-electron chi connectivity index (χ1n) is 10.5. The van der Waals surface area contributed by atoms with Gasteiger partial charge in [-0.15, -0.1) is 0 Å². The largest absolute Gasteiger partial charge is 0.497 e. The molecule has 3 amide bonds. The summed E-state index contributed by atoms with van der Waals surface area (Å²) >= 11 is 0. The predicted octanol–water partition coefficient (Wildman–Crippen LogP) is 2.19. The van der Waals surface area contributed by atoms with Crippen LogP contribution in [0.5, 0.6) is 11.5 Å². The molecule has 1 aliphatic rings. The van der Waals surface area contributed by atoms with Gasteiger partial charge in [-0.05, 0) is 31.5 Å². The van der Waals surface area contributed by atoms with Gasteiger partial charge in [-0.3, -0.25) is 14.4 Å². The third-order valence-electron chi connectivity index (χ3n) is 5.51. The highest BCUT2D eigenvalue weighted by atomic mass is 16.5. The maximum atomic E-state index is 12.7. The lowest BCUT2D eigenvalue weighted by Gasteiger charge is -2.21. The lowest BCUT2D eigenvalue weighted by molar-refractivity contribution is -0.131. The van der Waals surface area contributed by atoms with Crippen molar-refractivity contribution in [2.75, 3.05) is 25.7 Å². The van der Waals surface area contributed by atoms with E-state index < -0.39 is 12.0 Å². The number of carbonyl (C=O) groups is 3. The molecule has 0 aliphatic carbocycles. The fraction of sp³-hybridized carbons (Fsp3) is 0.375. The molecule has 1 heterocycles. The van der Waals surface area contributed by atoms with Gasteiger partial charge < -0.3 is 25.0 Å². The number of amides is 3. The number of ether oxygens (including phenoxy) is 2. The van der Waals surface area contributed by atoms with Crippen molar-refractivity contribution < 1.29 is 23.9 Å². The van der Waals surface area contributed by atoms with Crippen LogP contribution in [-0.2, 0) is 20.9 Å². The Bertz CT molecular complexity index is 990. The Morgan fingerprint density at radius 3 is 2.50 bits per heavy atom. The van der Waals surface area contributed by atoms with E-state index in [1.807, 2.05) is 31.2 Å². The van der Waals surface area contributed by atoms with E-state index in [-0.39, 0.29) is 30.7 Å². The average Bonchev–Trinajstić information content (AvgIpc) is 3.19. The minimum atomic E-state index is -0.719. The van der Waals surface area contributed by atoms with Crippen LogP contribution in [0.15, 0.2) is 42.5 Å². The normalized spacial score (nSPS) is 16.4. The Balaban J connectivity index is 1.58. The Morgan fingerprint density at radius 2 is 1.84 bits per heavy atom. The number of rotatable bonds is 8. The van der Waals surface area contributed by atoms with Crippen LogP contribution >= 0.6 is 0 Å². The predicted molar refractivity (Wildman–Crippen MR) is 121 cm³/mol. The number of carbonyl (C=O) groups excluding carboxylic acids is 3. The van der Waals surface area contributed by atoms with Crippen LogP contribution in [0, 0.1) is 12.8 Å². The fourth-order valence-electron chi connectivity index (χ4n) is 3.57. The van der Waals surface area contributed by atoms with Crippen LogP contribution in [-0.4, -0.2) is 44.5 Å². The molecule has 2 N–H and O–H groups in total. The Morgan fingerprint density at radius 1 is 1.12 bits per heavy atom. The number of hydrogen-bond acceptors (Lipinski definition) is 5. The van der Waals surface area contributed by atoms with Crippen LogP contribution in [0.25, 0.3) is 0 Å². The van der Waals surface area contributed by atoms with Crippen molar-refractivity contribution in [3.8, 4) is 11.5 Å². The highest BCUT2D eigenvalue weighted by Crippen LogP contribution is 2.36. The van der Waals surface area contributed by atoms with Gasteiger partial charge in [0.05, 0.1) is 25.8 Å². The van der Waals surface area contributed by atoms with E-state index in [1.165, 1.54) is 12.0 Å². The number of nitrogens with zero attached hydrogens (tertiary/aromatic N) is 1. The topological polar surface area (TPSA) is 97.0 Å². The minimum absolute atomic E-state index is 0.0594. The second kappa shape index (κ2) is 10.2. The molecule has 0 bridgehead atoms. The van der Waals surface area contributed by atoms with Gasteiger partial charge >= 0.3 is 0 Å². The molecule has 0 radical (unpaired) electrons. The summed E-state index contributed by atoms with van der Waals surface area (Å²) in [5.41, 5.74) is 2.68. The lowest BCUT2D eigenvalue weighted by atomic mass is 10.1. The molecule has 2 aromatic rings. The standard InChI is InChI=1S/C24H29N3O5/c1-15-5-7-17(8-6-15)13-25-23(29)16(2)26-24(30)18-11-22(28)27(14-18)20-12-19(31-3)9-10-21(20)32-4/h5-10,12,16,18H,11,13-14H2,1-4H3,(H,25,29)(H,26,30). The highest BCUT2D eigenvalue weighted by Gasteiger charge is 2.37. The molecule has 8 heteroatoms. The second-order valence-electron chi connectivity index (χ2n) is 7.88. The Kier molecular flexibility index (Phi) is 7.35. The van der Waals surface area contributed by atoms with Crippen LogP contribution in [0.4, 0.5) is 5.69 Å². The SMILES string of the molecule is COc1ccc(OC)c(N2CC(C(=O)NC(C)C(=O)NCc3ccc(C)cc3)CC2=O)c1. The molecular formula is C24H29N3O5. The summed E-state index contributed by atoms with van der Waals surface area (Å²) in [6.07, 6.45) is 0.0594. The molecule has 0 aromatic heterocycles. The van der Waals surface area contributed by atoms with Gasteiger partial charge in [0.1, 0.15) is 17.5 Å². The third kappa shape index (κ3) is 5.38. The molecule has 1 fully saturated rings. The quantitative estimate of drug-likeness (QED) is 0.657. The van der Waals surface area contributed by atoms with Crippen molar-refractivity contribution in [2.45, 2.75) is 32.9 Å². The van der Waals surface area contributed by atoms with Crippen molar-refractivity contribution in [2.24, 2.45) is 5.92 Å². The van der Waals surface area contributed by atoms with E-state index in [0.29, 0.717) is 23.7 Å². The molecule has 32 heavy (non-hydrogen) atoms. The zero-order chi connectivity index (χ0) is 23.3. The number of methoxy groups -OCH3 is 2. The van der Waals surface area contributed by atoms with Gasteiger partial charge in [-0.25, -0.2) is 0 Å². The lowest BCUT2D eigenvalue weighted by Crippen LogP contribution is -2.47. The van der Waals surface area contributed by atoms with E-state index >= 15 is 0 Å². The van der Waals surface area contributed by atoms with E-state index in [9.17, 15) is 14.4 Å². The molecule has 0 saturated carbocycles. The van der Waals surface area contributed by atoms with Crippen LogP contribution in [0.1, 0.15) is 24.5 Å². The molecule has 3 rings (SSSR count). The van der Waals surface area contributed by atoms with Crippen molar-refractivity contribution in [3.63, 3.8) is 0 Å². The fourth-order valence-corrected chi connectivity index (χ4v) is 3.57. The van der Waals surface area contributed by atoms with E-state index in [2.05, 4.69) is 10.6 Å². The van der Waals surface area contributed by atoms with E-state index in [1.54, 1.807) is 32.2 Å². The smallest absolute Gasteiger partial charge is 0.242 e. The van der Waals surface area contributed by atoms with Crippen molar-refractivity contribution in [3.05, 3.63) is 53.6 Å². The maximum Gasteiger partial charge on any atom is 0.242 e. The van der Waals surface area contributed by atoms with Gasteiger partial charge in [-0.1, -0.05) is 29.8 Å². The first kappa shape index (κ1) is 23.1. The van der Waals surface area contributed by atoms with Crippen molar-refractivity contribution in [1.29, 1.82) is 0 Å². The maximum absolute atomic E-state index is 12.7. The first-order chi connectivity index (χ1) is 15.3. The number of nitrogens with one attached hydrogen (secondary N) is 2. The zero-order valence-corrected chi connectivity index (χ0v) is 18.8. The number of benzene rings is 2. The van der Waals surface area contributed by atoms with Crippen molar-refractivity contribution in [1.82, 2.24) is 10.6 Å². The molecule has 8 nitrogen and oxygen atoms in total. The van der Waals surface area contributed by atoms with Crippen molar-refractivity contribution >= 4 is 23.4 Å². The zero-order valence-electron chi connectivity index (χ0n) is 18.8. The molecule has 170 valence electrons. The summed E-state index contributed by atoms with van der Waals surface area (Å²) in [6, 6.07) is 12.3. The second-order valence-corrected chi connectivity index (χ2v) is 7.88.